The predicted octanol–water partition coefficient (Wildman–Crippen LogP) is 3.67. The number of rotatable bonds is 1. The van der Waals surface area contributed by atoms with Crippen LogP contribution in [0.15, 0.2) is 12.1 Å². The number of benzene rings is 1. The van der Waals surface area contributed by atoms with E-state index in [9.17, 15) is 8.78 Å². The maximum atomic E-state index is 13.1. The van der Waals surface area contributed by atoms with Crippen molar-refractivity contribution in [1.29, 1.82) is 0 Å². The minimum atomic E-state index is -0.841. The van der Waals surface area contributed by atoms with E-state index in [2.05, 4.69) is 16.9 Å². The Labute approximate surface area is 98.1 Å². The first kappa shape index (κ1) is 10.7. The Kier molecular flexibility index (Phi) is 2.21. The Morgan fingerprint density at radius 2 is 1.82 bits per heavy atom. The zero-order valence-electron chi connectivity index (χ0n) is 9.69. The number of imidazole rings is 1. The zero-order chi connectivity index (χ0) is 12.0. The second-order valence-corrected chi connectivity index (χ2v) is 5.14. The average molecular weight is 236 g/mol. The molecule has 1 aliphatic carbocycles. The molecule has 1 saturated carbocycles. The third-order valence-corrected chi connectivity index (χ3v) is 3.80. The molecule has 0 aliphatic heterocycles. The van der Waals surface area contributed by atoms with Crippen molar-refractivity contribution in [2.24, 2.45) is 0 Å². The number of halogens is 2. The number of hydrogen-bond donors (Lipinski definition) is 1. The predicted molar refractivity (Wildman–Crippen MR) is 61.8 cm³/mol. The summed E-state index contributed by atoms with van der Waals surface area (Å²) in [4.78, 5) is 7.53. The van der Waals surface area contributed by atoms with Crippen molar-refractivity contribution in [3.8, 4) is 0 Å². The molecule has 1 aromatic carbocycles. The summed E-state index contributed by atoms with van der Waals surface area (Å²) in [7, 11) is 0. The van der Waals surface area contributed by atoms with Gasteiger partial charge in [0.15, 0.2) is 11.6 Å². The van der Waals surface area contributed by atoms with E-state index in [1.807, 2.05) is 0 Å². The summed E-state index contributed by atoms with van der Waals surface area (Å²) < 4.78 is 26.2. The van der Waals surface area contributed by atoms with Gasteiger partial charge in [0.2, 0.25) is 0 Å². The van der Waals surface area contributed by atoms with Gasteiger partial charge in [0.1, 0.15) is 5.82 Å². The van der Waals surface area contributed by atoms with Crippen molar-refractivity contribution in [2.45, 2.75) is 38.0 Å². The van der Waals surface area contributed by atoms with Gasteiger partial charge in [0, 0.05) is 17.5 Å². The largest absolute Gasteiger partial charge is 0.341 e. The lowest BCUT2D eigenvalue weighted by Gasteiger charge is -2.19. The molecule has 17 heavy (non-hydrogen) atoms. The van der Waals surface area contributed by atoms with E-state index in [0.29, 0.717) is 11.0 Å². The molecule has 0 bridgehead atoms. The smallest absolute Gasteiger partial charge is 0.161 e. The molecule has 0 saturated heterocycles. The minimum Gasteiger partial charge on any atom is -0.341 e. The maximum absolute atomic E-state index is 13.1. The van der Waals surface area contributed by atoms with E-state index in [-0.39, 0.29) is 5.41 Å². The summed E-state index contributed by atoms with van der Waals surface area (Å²) in [6.07, 6.45) is 4.54. The van der Waals surface area contributed by atoms with Crippen LogP contribution in [-0.2, 0) is 5.41 Å². The Hall–Kier alpha value is -1.45. The van der Waals surface area contributed by atoms with Crippen molar-refractivity contribution >= 4 is 11.0 Å². The van der Waals surface area contributed by atoms with E-state index >= 15 is 0 Å². The normalized spacial score (nSPS) is 19.0. The van der Waals surface area contributed by atoms with E-state index in [1.54, 1.807) is 0 Å². The summed E-state index contributed by atoms with van der Waals surface area (Å²) in [6.45, 7) is 2.16. The van der Waals surface area contributed by atoms with Crippen LogP contribution >= 0.6 is 0 Å². The highest BCUT2D eigenvalue weighted by atomic mass is 19.2. The third kappa shape index (κ3) is 1.63. The topological polar surface area (TPSA) is 28.7 Å². The molecule has 90 valence electrons. The van der Waals surface area contributed by atoms with Crippen LogP contribution in [0.4, 0.5) is 8.78 Å². The highest BCUT2D eigenvalue weighted by Crippen LogP contribution is 2.39. The van der Waals surface area contributed by atoms with Gasteiger partial charge in [-0.05, 0) is 12.8 Å². The lowest BCUT2D eigenvalue weighted by Crippen LogP contribution is -2.18. The molecule has 1 aromatic heterocycles. The van der Waals surface area contributed by atoms with Crippen LogP contribution in [0.1, 0.15) is 38.4 Å². The fourth-order valence-corrected chi connectivity index (χ4v) is 2.68. The lowest BCUT2D eigenvalue weighted by atomic mass is 9.88. The van der Waals surface area contributed by atoms with Gasteiger partial charge >= 0.3 is 0 Å². The van der Waals surface area contributed by atoms with E-state index in [4.69, 9.17) is 0 Å². The summed E-state index contributed by atoms with van der Waals surface area (Å²) in [5.41, 5.74) is 1.12. The van der Waals surface area contributed by atoms with Crippen LogP contribution in [0.5, 0.6) is 0 Å². The van der Waals surface area contributed by atoms with Crippen molar-refractivity contribution in [3.05, 3.63) is 29.6 Å². The number of fused-ring (bicyclic) bond motifs is 1. The van der Waals surface area contributed by atoms with E-state index in [0.717, 1.165) is 24.7 Å². The summed E-state index contributed by atoms with van der Waals surface area (Å²) in [5.74, 6) is -0.814. The summed E-state index contributed by atoms with van der Waals surface area (Å²) in [5, 5.41) is 0. The fraction of sp³-hybridized carbons (Fsp3) is 0.462. The van der Waals surface area contributed by atoms with Gasteiger partial charge in [-0.1, -0.05) is 19.8 Å². The lowest BCUT2D eigenvalue weighted by molar-refractivity contribution is 0.465. The highest BCUT2D eigenvalue weighted by molar-refractivity contribution is 5.75. The fourth-order valence-electron chi connectivity index (χ4n) is 2.68. The van der Waals surface area contributed by atoms with Gasteiger partial charge in [-0.3, -0.25) is 0 Å². The van der Waals surface area contributed by atoms with Crippen molar-refractivity contribution in [3.63, 3.8) is 0 Å². The van der Waals surface area contributed by atoms with Crippen molar-refractivity contribution in [2.75, 3.05) is 0 Å². The van der Waals surface area contributed by atoms with Crippen LogP contribution in [0.2, 0.25) is 0 Å². The number of aromatic amines is 1. The number of aromatic nitrogens is 2. The molecule has 1 N–H and O–H groups in total. The van der Waals surface area contributed by atoms with Crippen molar-refractivity contribution in [1.82, 2.24) is 9.97 Å². The van der Waals surface area contributed by atoms with Crippen LogP contribution in [0, 0.1) is 11.6 Å². The highest BCUT2D eigenvalue weighted by Gasteiger charge is 2.33. The van der Waals surface area contributed by atoms with Gasteiger partial charge in [-0.25, -0.2) is 13.8 Å². The van der Waals surface area contributed by atoms with Gasteiger partial charge in [-0.2, -0.15) is 0 Å². The third-order valence-electron chi connectivity index (χ3n) is 3.80. The maximum Gasteiger partial charge on any atom is 0.161 e. The first-order valence-corrected chi connectivity index (χ1v) is 5.94. The van der Waals surface area contributed by atoms with Gasteiger partial charge in [0.25, 0.3) is 0 Å². The van der Waals surface area contributed by atoms with Crippen LogP contribution in [0.25, 0.3) is 11.0 Å². The molecule has 0 unspecified atom stereocenters. The number of nitrogens with zero attached hydrogens (tertiary/aromatic N) is 1. The zero-order valence-corrected chi connectivity index (χ0v) is 9.69. The molecule has 0 spiro atoms. The second-order valence-electron chi connectivity index (χ2n) is 5.14. The minimum absolute atomic E-state index is 0.0337. The number of hydrogen-bond acceptors (Lipinski definition) is 1. The molecular formula is C13H14F2N2. The second kappa shape index (κ2) is 3.52. The Balaban J connectivity index is 2.13. The number of H-pyrrole nitrogens is 1. The van der Waals surface area contributed by atoms with Gasteiger partial charge in [0.05, 0.1) is 11.0 Å². The SMILES string of the molecule is CC1(c2nc3cc(F)c(F)cc3[nH]2)CCCC1. The molecule has 2 aromatic rings. The Morgan fingerprint density at radius 1 is 1.18 bits per heavy atom. The van der Waals surface area contributed by atoms with Gasteiger partial charge in [-0.15, -0.1) is 0 Å². The van der Waals surface area contributed by atoms with Crippen LogP contribution in [0.3, 0.4) is 0 Å². The molecule has 0 atom stereocenters. The van der Waals surface area contributed by atoms with E-state index in [1.165, 1.54) is 18.9 Å². The summed E-state index contributed by atoms with van der Waals surface area (Å²) in [6, 6.07) is 2.34. The van der Waals surface area contributed by atoms with Crippen LogP contribution < -0.4 is 0 Å². The molecule has 4 heteroatoms. The molecule has 3 rings (SSSR count). The quantitative estimate of drug-likeness (QED) is 0.804. The molecule has 2 nitrogen and oxygen atoms in total. The first-order valence-electron chi connectivity index (χ1n) is 5.94. The van der Waals surface area contributed by atoms with E-state index < -0.39 is 11.6 Å². The standard InChI is InChI=1S/C13H14F2N2/c1-13(4-2-3-5-13)12-16-10-6-8(14)9(15)7-11(10)17-12/h6-7H,2-5H2,1H3,(H,16,17). The monoisotopic (exact) mass is 236 g/mol. The summed E-state index contributed by atoms with van der Waals surface area (Å²) >= 11 is 0. The molecule has 1 heterocycles. The molecule has 0 amide bonds. The molecule has 1 aliphatic rings. The Bertz CT molecular complexity index is 529. The van der Waals surface area contributed by atoms with Crippen molar-refractivity contribution < 1.29 is 8.78 Å². The molecule has 0 radical (unpaired) electrons. The number of nitrogens with one attached hydrogen (secondary N) is 1. The molecule has 1 fully saturated rings. The Morgan fingerprint density at radius 3 is 2.53 bits per heavy atom. The van der Waals surface area contributed by atoms with Crippen LogP contribution in [-0.4, -0.2) is 9.97 Å². The average Bonchev–Trinajstić information content (AvgIpc) is 2.87. The molecular weight excluding hydrogens is 222 g/mol. The van der Waals surface area contributed by atoms with Gasteiger partial charge < -0.3 is 4.98 Å². The first-order chi connectivity index (χ1) is 8.08.